The van der Waals surface area contributed by atoms with Gasteiger partial charge in [0.2, 0.25) is 11.8 Å². The van der Waals surface area contributed by atoms with E-state index in [1.54, 1.807) is 25.4 Å². The SMILES string of the molecule is COC(=O)C[C@H](NC(=O)CNC(=O)CCCCNc1cc(OC)ccn1)c1ccc(-c2ccc(OCCOCCOCCOCCOCCN=[N+]=[N-])c3ccccc23)cc1. The molecule has 3 N–H and O–H groups in total. The molecule has 60 heavy (non-hydrogen) atoms. The van der Waals surface area contributed by atoms with Gasteiger partial charge in [0.25, 0.3) is 0 Å². The number of fused-ring (bicyclic) bond motifs is 1. The van der Waals surface area contributed by atoms with E-state index in [2.05, 4.69) is 31.0 Å². The van der Waals surface area contributed by atoms with E-state index in [0.717, 1.165) is 34.1 Å². The molecule has 17 heteroatoms. The Kier molecular flexibility index (Phi) is 21.5. The van der Waals surface area contributed by atoms with Crippen molar-refractivity contribution in [2.45, 2.75) is 31.7 Å². The zero-order valence-corrected chi connectivity index (χ0v) is 34.3. The Bertz CT molecular complexity index is 1960. The molecule has 0 fully saturated rings. The molecule has 1 heterocycles. The first-order valence-corrected chi connectivity index (χ1v) is 19.8. The van der Waals surface area contributed by atoms with Gasteiger partial charge in [-0.15, -0.1) is 0 Å². The van der Waals surface area contributed by atoms with Gasteiger partial charge in [0, 0.05) is 42.1 Å². The summed E-state index contributed by atoms with van der Waals surface area (Å²) >= 11 is 0. The second-order valence-corrected chi connectivity index (χ2v) is 13.2. The topological polar surface area (TPSA) is 214 Å². The summed E-state index contributed by atoms with van der Waals surface area (Å²) in [7, 11) is 2.89. The highest BCUT2D eigenvalue weighted by Crippen LogP contribution is 2.35. The van der Waals surface area contributed by atoms with E-state index in [0.29, 0.717) is 96.1 Å². The van der Waals surface area contributed by atoms with Crippen molar-refractivity contribution in [3.05, 3.63) is 95.0 Å². The van der Waals surface area contributed by atoms with Gasteiger partial charge in [-0.3, -0.25) is 14.4 Å². The van der Waals surface area contributed by atoms with Crippen LogP contribution in [0.2, 0.25) is 0 Å². The average Bonchev–Trinajstić information content (AvgIpc) is 3.27. The van der Waals surface area contributed by atoms with E-state index in [1.165, 1.54) is 7.11 Å². The average molecular weight is 830 g/mol. The summed E-state index contributed by atoms with van der Waals surface area (Å²) in [5.41, 5.74) is 10.9. The number of rotatable bonds is 30. The molecular weight excluding hydrogens is 775 g/mol. The molecule has 3 aromatic carbocycles. The van der Waals surface area contributed by atoms with Gasteiger partial charge in [0.15, 0.2) is 0 Å². The van der Waals surface area contributed by atoms with Gasteiger partial charge in [0.1, 0.15) is 23.9 Å². The predicted molar refractivity (Wildman–Crippen MR) is 226 cm³/mol. The lowest BCUT2D eigenvalue weighted by molar-refractivity contribution is -0.141. The third-order valence-corrected chi connectivity index (χ3v) is 8.99. The van der Waals surface area contributed by atoms with Crippen LogP contribution in [0.3, 0.4) is 0 Å². The number of hydrogen-bond acceptors (Lipinski definition) is 13. The quantitative estimate of drug-likeness (QED) is 0.0188. The summed E-state index contributed by atoms with van der Waals surface area (Å²) < 4.78 is 38.1. The molecule has 1 atom stereocenters. The normalized spacial score (nSPS) is 11.3. The first kappa shape index (κ1) is 46.7. The van der Waals surface area contributed by atoms with Crippen molar-refractivity contribution < 1.29 is 47.5 Å². The predicted octanol–water partition coefficient (Wildman–Crippen LogP) is 5.78. The number of pyridine rings is 1. The Morgan fingerprint density at radius 1 is 0.783 bits per heavy atom. The number of carbonyl (C=O) groups excluding carboxylic acids is 3. The van der Waals surface area contributed by atoms with Gasteiger partial charge < -0.3 is 49.1 Å². The summed E-state index contributed by atoms with van der Waals surface area (Å²) in [6, 6.07) is 22.4. The van der Waals surface area contributed by atoms with Gasteiger partial charge >= 0.3 is 5.97 Å². The second kappa shape index (κ2) is 27.7. The molecule has 0 bridgehead atoms. The van der Waals surface area contributed by atoms with E-state index in [4.69, 9.17) is 38.7 Å². The Hall–Kier alpha value is -5.97. The summed E-state index contributed by atoms with van der Waals surface area (Å²) in [5, 5.41) is 14.1. The molecule has 0 aliphatic heterocycles. The number of anilines is 1. The number of nitrogens with one attached hydrogen (secondary N) is 3. The third-order valence-electron chi connectivity index (χ3n) is 8.99. The fourth-order valence-electron chi connectivity index (χ4n) is 5.94. The highest BCUT2D eigenvalue weighted by Gasteiger charge is 2.20. The molecule has 4 aromatic rings. The zero-order chi connectivity index (χ0) is 42.6. The molecule has 0 radical (unpaired) electrons. The molecular formula is C43H55N7O10. The van der Waals surface area contributed by atoms with Crippen molar-refractivity contribution in [2.75, 3.05) is 98.6 Å². The van der Waals surface area contributed by atoms with Gasteiger partial charge in [-0.25, -0.2) is 4.98 Å². The first-order chi connectivity index (χ1) is 29.4. The van der Waals surface area contributed by atoms with Crippen molar-refractivity contribution in [1.29, 1.82) is 0 Å². The van der Waals surface area contributed by atoms with Crippen LogP contribution in [0, 0.1) is 0 Å². The van der Waals surface area contributed by atoms with Gasteiger partial charge in [-0.2, -0.15) is 0 Å². The molecule has 322 valence electrons. The number of hydrogen-bond donors (Lipinski definition) is 3. The molecule has 0 saturated heterocycles. The van der Waals surface area contributed by atoms with Crippen LogP contribution in [0.1, 0.15) is 37.3 Å². The van der Waals surface area contributed by atoms with Crippen LogP contribution in [-0.4, -0.2) is 116 Å². The number of unbranched alkanes of at least 4 members (excludes halogenated alkanes) is 1. The molecule has 4 rings (SSSR count). The highest BCUT2D eigenvalue weighted by molar-refractivity contribution is 6.00. The Labute approximate surface area is 350 Å². The standard InChI is InChI=1S/C43H55N7O10/c1-54-34-16-18-46-40(29-34)45-17-6-5-9-41(51)47-31-42(52)49-38(30-43(53)55-2)33-12-10-32(11-13-33)35-14-15-39(37-8-4-3-7-36(35)37)60-28-27-59-26-25-58-24-23-57-22-21-56-20-19-48-50-44/h3-4,7-8,10-16,18,29,38H,5-6,9,17,19-28,30-31H2,1-2H3,(H,45,46)(H,47,51)(H,49,52)/t38-/m0/s1. The van der Waals surface area contributed by atoms with Crippen LogP contribution in [0.25, 0.3) is 32.3 Å². The van der Waals surface area contributed by atoms with Gasteiger partial charge in [0.05, 0.1) is 86.1 Å². The van der Waals surface area contributed by atoms with Crippen molar-refractivity contribution in [1.82, 2.24) is 15.6 Å². The lowest BCUT2D eigenvalue weighted by Crippen LogP contribution is -2.39. The summed E-state index contributed by atoms with van der Waals surface area (Å²) in [4.78, 5) is 44.6. The Morgan fingerprint density at radius 3 is 2.15 bits per heavy atom. The Balaban J connectivity index is 1.20. The number of azide groups is 1. The van der Waals surface area contributed by atoms with E-state index in [-0.39, 0.29) is 25.3 Å². The largest absolute Gasteiger partial charge is 0.497 e. The minimum Gasteiger partial charge on any atom is -0.497 e. The van der Waals surface area contributed by atoms with Crippen molar-refractivity contribution in [2.24, 2.45) is 5.11 Å². The zero-order valence-electron chi connectivity index (χ0n) is 34.3. The minimum absolute atomic E-state index is 0.0779. The van der Waals surface area contributed by atoms with Crippen LogP contribution < -0.4 is 25.4 Å². The van der Waals surface area contributed by atoms with Crippen LogP contribution >= 0.6 is 0 Å². The molecule has 0 unspecified atom stereocenters. The maximum Gasteiger partial charge on any atom is 0.307 e. The number of esters is 1. The fourth-order valence-corrected chi connectivity index (χ4v) is 5.94. The molecule has 2 amide bonds. The lowest BCUT2D eigenvalue weighted by Gasteiger charge is -2.19. The van der Waals surface area contributed by atoms with E-state index >= 15 is 0 Å². The number of benzene rings is 3. The number of nitrogens with zero attached hydrogens (tertiary/aromatic N) is 4. The minimum atomic E-state index is -0.665. The highest BCUT2D eigenvalue weighted by atomic mass is 16.6. The second-order valence-electron chi connectivity index (χ2n) is 13.2. The van der Waals surface area contributed by atoms with Crippen molar-refractivity contribution in [3.63, 3.8) is 0 Å². The van der Waals surface area contributed by atoms with Crippen molar-refractivity contribution >= 4 is 34.4 Å². The monoisotopic (exact) mass is 829 g/mol. The maximum absolute atomic E-state index is 12.9. The maximum atomic E-state index is 12.9. The molecule has 0 spiro atoms. The van der Waals surface area contributed by atoms with Crippen LogP contribution in [-0.2, 0) is 38.1 Å². The molecule has 17 nitrogen and oxygen atoms in total. The number of aromatic nitrogens is 1. The summed E-state index contributed by atoms with van der Waals surface area (Å²) in [6.45, 7) is 4.44. The third kappa shape index (κ3) is 17.1. The van der Waals surface area contributed by atoms with Crippen LogP contribution in [0.15, 0.2) is 84.1 Å². The fraction of sp³-hybridized carbons (Fsp3) is 0.442. The summed E-state index contributed by atoms with van der Waals surface area (Å²) in [6.07, 6.45) is 3.20. The number of ether oxygens (including phenoxy) is 7. The van der Waals surface area contributed by atoms with E-state index in [9.17, 15) is 14.4 Å². The van der Waals surface area contributed by atoms with E-state index < -0.39 is 17.9 Å². The summed E-state index contributed by atoms with van der Waals surface area (Å²) in [5.74, 6) is 0.991. The lowest BCUT2D eigenvalue weighted by atomic mass is 9.95. The Morgan fingerprint density at radius 2 is 1.47 bits per heavy atom. The molecule has 0 saturated carbocycles. The van der Waals surface area contributed by atoms with Crippen molar-refractivity contribution in [3.8, 4) is 22.6 Å². The molecule has 0 aliphatic carbocycles. The van der Waals surface area contributed by atoms with Gasteiger partial charge in [-0.1, -0.05) is 59.7 Å². The van der Waals surface area contributed by atoms with Gasteiger partial charge in [-0.05, 0) is 52.6 Å². The smallest absolute Gasteiger partial charge is 0.307 e. The number of amides is 2. The molecule has 1 aromatic heterocycles. The van der Waals surface area contributed by atoms with Crippen LogP contribution in [0.4, 0.5) is 5.82 Å². The molecule has 0 aliphatic rings. The number of carbonyl (C=O) groups is 3. The van der Waals surface area contributed by atoms with Crippen LogP contribution in [0.5, 0.6) is 11.5 Å². The van der Waals surface area contributed by atoms with E-state index in [1.807, 2.05) is 60.7 Å². The number of methoxy groups -OCH3 is 2. The first-order valence-electron chi connectivity index (χ1n) is 19.8.